The van der Waals surface area contributed by atoms with Crippen molar-refractivity contribution in [2.75, 3.05) is 13.7 Å². The van der Waals surface area contributed by atoms with E-state index in [1.54, 1.807) is 18.2 Å². The quantitative estimate of drug-likeness (QED) is 0.369. The third-order valence-corrected chi connectivity index (χ3v) is 7.19. The summed E-state index contributed by atoms with van der Waals surface area (Å²) < 4.78 is 5.34. The second-order valence-corrected chi connectivity index (χ2v) is 9.53. The first kappa shape index (κ1) is 24.3. The highest BCUT2D eigenvalue weighted by atomic mass is 16.5. The molecule has 0 bridgehead atoms. The van der Waals surface area contributed by atoms with Crippen molar-refractivity contribution in [2.24, 2.45) is 11.8 Å². The van der Waals surface area contributed by atoms with E-state index in [2.05, 4.69) is 32.0 Å². The predicted molar refractivity (Wildman–Crippen MR) is 135 cm³/mol. The standard InChI is InChI=1S/C27H28N6O4/c1-37-21-8-4-7-20-23(21)32-24(31-20)27(36)33-22(18-11-15-5-2-3-6-16(15)12-18)26(35)30-19(14-28)13-17-9-10-29-25(17)34/h2-8,17-19,22H,9-13H2,1H3,(H,29,34)(H,30,35)(H,31,32)(H,33,36). The number of rotatable bonds is 8. The third-order valence-electron chi connectivity index (χ3n) is 7.19. The van der Waals surface area contributed by atoms with Crippen LogP contribution in [0.15, 0.2) is 42.5 Å². The first-order chi connectivity index (χ1) is 18.0. The zero-order chi connectivity index (χ0) is 25.9. The van der Waals surface area contributed by atoms with Crippen LogP contribution in [0.2, 0.25) is 0 Å². The van der Waals surface area contributed by atoms with Crippen LogP contribution in [0, 0.1) is 23.2 Å². The van der Waals surface area contributed by atoms with Crippen molar-refractivity contribution in [2.45, 2.75) is 37.8 Å². The van der Waals surface area contributed by atoms with Crippen molar-refractivity contribution in [3.05, 3.63) is 59.4 Å². The van der Waals surface area contributed by atoms with Gasteiger partial charge < -0.3 is 25.7 Å². The minimum absolute atomic E-state index is 0.0623. The van der Waals surface area contributed by atoms with Crippen molar-refractivity contribution in [3.8, 4) is 11.8 Å². The average molecular weight is 501 g/mol. The highest BCUT2D eigenvalue weighted by Crippen LogP contribution is 2.29. The van der Waals surface area contributed by atoms with E-state index < -0.39 is 23.9 Å². The van der Waals surface area contributed by atoms with Gasteiger partial charge in [0.2, 0.25) is 11.8 Å². The number of imidazole rings is 1. The van der Waals surface area contributed by atoms with Crippen LogP contribution in [0.5, 0.6) is 5.75 Å². The minimum Gasteiger partial charge on any atom is -0.494 e. The zero-order valence-corrected chi connectivity index (χ0v) is 20.4. The summed E-state index contributed by atoms with van der Waals surface area (Å²) >= 11 is 0. The van der Waals surface area contributed by atoms with E-state index in [0.717, 1.165) is 11.1 Å². The van der Waals surface area contributed by atoms with Crippen molar-refractivity contribution in [1.82, 2.24) is 25.9 Å². The fourth-order valence-electron chi connectivity index (χ4n) is 5.27. The normalized spacial score (nSPS) is 18.5. The van der Waals surface area contributed by atoms with Crippen LogP contribution < -0.4 is 20.7 Å². The van der Waals surface area contributed by atoms with Gasteiger partial charge >= 0.3 is 0 Å². The van der Waals surface area contributed by atoms with Crippen LogP contribution in [-0.2, 0) is 22.4 Å². The summed E-state index contributed by atoms with van der Waals surface area (Å²) in [5.41, 5.74) is 3.42. The topological polar surface area (TPSA) is 149 Å². The van der Waals surface area contributed by atoms with Crippen LogP contribution in [0.25, 0.3) is 11.0 Å². The van der Waals surface area contributed by atoms with Crippen LogP contribution in [-0.4, -0.2) is 53.4 Å². The van der Waals surface area contributed by atoms with Crippen molar-refractivity contribution in [1.29, 1.82) is 5.26 Å². The number of nitriles is 1. The number of hydrogen-bond donors (Lipinski definition) is 4. The Balaban J connectivity index is 1.37. The Morgan fingerprint density at radius 2 is 1.92 bits per heavy atom. The molecular weight excluding hydrogens is 472 g/mol. The molecule has 10 nitrogen and oxygen atoms in total. The molecule has 2 aromatic carbocycles. The first-order valence-electron chi connectivity index (χ1n) is 12.3. The second-order valence-electron chi connectivity index (χ2n) is 9.53. The summed E-state index contributed by atoms with van der Waals surface area (Å²) in [6.45, 7) is 0.566. The average Bonchev–Trinajstić information content (AvgIpc) is 3.64. The van der Waals surface area contributed by atoms with E-state index in [4.69, 9.17) is 4.74 Å². The molecule has 3 aromatic rings. The van der Waals surface area contributed by atoms with E-state index in [9.17, 15) is 19.6 Å². The molecular formula is C27H28N6O4. The number of hydrogen-bond acceptors (Lipinski definition) is 6. The Kier molecular flexibility index (Phi) is 6.77. The van der Waals surface area contributed by atoms with E-state index in [-0.39, 0.29) is 30.0 Å². The van der Waals surface area contributed by atoms with E-state index >= 15 is 0 Å². The monoisotopic (exact) mass is 500 g/mol. The molecule has 1 aliphatic carbocycles. The number of nitrogens with one attached hydrogen (secondary N) is 4. The highest BCUT2D eigenvalue weighted by Gasteiger charge is 2.37. The molecule has 10 heteroatoms. The summed E-state index contributed by atoms with van der Waals surface area (Å²) in [5, 5.41) is 18.1. The lowest BCUT2D eigenvalue weighted by atomic mass is 9.94. The van der Waals surface area contributed by atoms with Gasteiger partial charge in [0.05, 0.1) is 18.7 Å². The summed E-state index contributed by atoms with van der Waals surface area (Å²) in [6.07, 6.45) is 2.08. The molecule has 1 saturated heterocycles. The Morgan fingerprint density at radius 3 is 2.57 bits per heavy atom. The number of fused-ring (bicyclic) bond motifs is 2. The first-order valence-corrected chi connectivity index (χ1v) is 12.3. The molecule has 3 unspecified atom stereocenters. The van der Waals surface area contributed by atoms with Gasteiger partial charge in [-0.3, -0.25) is 14.4 Å². The number of carbonyl (C=O) groups is 3. The molecule has 3 atom stereocenters. The summed E-state index contributed by atoms with van der Waals surface area (Å²) in [7, 11) is 1.53. The van der Waals surface area contributed by atoms with Gasteiger partial charge in [-0.15, -0.1) is 0 Å². The third kappa shape index (κ3) is 4.98. The largest absolute Gasteiger partial charge is 0.494 e. The molecule has 2 aliphatic rings. The Morgan fingerprint density at radius 1 is 1.16 bits per heavy atom. The molecule has 4 N–H and O–H groups in total. The van der Waals surface area contributed by atoms with Crippen LogP contribution in [0.1, 0.15) is 34.6 Å². The molecule has 37 heavy (non-hydrogen) atoms. The molecule has 1 fully saturated rings. The molecule has 1 aliphatic heterocycles. The van der Waals surface area contributed by atoms with Gasteiger partial charge in [0.1, 0.15) is 23.3 Å². The van der Waals surface area contributed by atoms with Crippen LogP contribution in [0.4, 0.5) is 0 Å². The molecule has 0 spiro atoms. The lowest BCUT2D eigenvalue weighted by molar-refractivity contribution is -0.126. The maximum atomic E-state index is 13.5. The number of para-hydroxylation sites is 1. The number of benzene rings is 2. The van der Waals surface area contributed by atoms with Gasteiger partial charge in [-0.2, -0.15) is 5.26 Å². The van der Waals surface area contributed by atoms with Crippen molar-refractivity contribution in [3.63, 3.8) is 0 Å². The molecule has 2 heterocycles. The smallest absolute Gasteiger partial charge is 0.287 e. The number of nitrogens with zero attached hydrogens (tertiary/aromatic N) is 2. The van der Waals surface area contributed by atoms with E-state index in [1.807, 2.05) is 24.3 Å². The van der Waals surface area contributed by atoms with Gasteiger partial charge in [0.15, 0.2) is 5.82 Å². The number of aromatic amines is 1. The predicted octanol–water partition coefficient (Wildman–Crippen LogP) is 1.62. The minimum atomic E-state index is -0.900. The lowest BCUT2D eigenvalue weighted by Gasteiger charge is -2.25. The van der Waals surface area contributed by atoms with Crippen molar-refractivity contribution < 1.29 is 19.1 Å². The highest BCUT2D eigenvalue weighted by molar-refractivity contribution is 5.98. The maximum Gasteiger partial charge on any atom is 0.287 e. The van der Waals surface area contributed by atoms with Gasteiger partial charge in [-0.25, -0.2) is 4.98 Å². The molecule has 0 saturated carbocycles. The molecule has 0 radical (unpaired) electrons. The van der Waals surface area contributed by atoms with E-state index in [1.165, 1.54) is 7.11 Å². The SMILES string of the molecule is COc1cccc2[nH]c(C(=O)NC(C(=O)NC(C#N)CC3CCNC3=O)C3Cc4ccccc4C3)nc12. The van der Waals surface area contributed by atoms with Crippen molar-refractivity contribution >= 4 is 28.8 Å². The lowest BCUT2D eigenvalue weighted by Crippen LogP contribution is -2.53. The van der Waals surface area contributed by atoms with Gasteiger partial charge in [0, 0.05) is 12.5 Å². The molecule has 190 valence electrons. The van der Waals surface area contributed by atoms with Crippen LogP contribution >= 0.6 is 0 Å². The van der Waals surface area contributed by atoms with Crippen LogP contribution in [0.3, 0.4) is 0 Å². The molecule has 5 rings (SSSR count). The summed E-state index contributed by atoms with van der Waals surface area (Å²) in [6, 6.07) is 13.6. The Bertz CT molecular complexity index is 1370. The molecule has 1 aromatic heterocycles. The van der Waals surface area contributed by atoms with Gasteiger partial charge in [-0.05, 0) is 54.9 Å². The summed E-state index contributed by atoms with van der Waals surface area (Å²) in [5.74, 6) is -1.02. The van der Waals surface area contributed by atoms with E-state index in [0.29, 0.717) is 42.6 Å². The number of H-pyrrole nitrogens is 1. The number of ether oxygens (including phenoxy) is 1. The Hall–Kier alpha value is -4.39. The number of amides is 3. The fraction of sp³-hybridized carbons (Fsp3) is 0.370. The number of aromatic nitrogens is 2. The summed E-state index contributed by atoms with van der Waals surface area (Å²) in [4.78, 5) is 46.2. The molecule has 3 amide bonds. The second kappa shape index (κ2) is 10.3. The number of methoxy groups -OCH3 is 1. The van der Waals surface area contributed by atoms with Gasteiger partial charge in [-0.1, -0.05) is 30.3 Å². The zero-order valence-electron chi connectivity index (χ0n) is 20.4. The maximum absolute atomic E-state index is 13.5. The number of carbonyl (C=O) groups excluding carboxylic acids is 3. The Labute approximate surface area is 213 Å². The van der Waals surface area contributed by atoms with Gasteiger partial charge in [0.25, 0.3) is 5.91 Å². The fourth-order valence-corrected chi connectivity index (χ4v) is 5.27.